The number of hydrogen-bond acceptors (Lipinski definition) is 4. The van der Waals surface area contributed by atoms with Crippen molar-refractivity contribution in [2.75, 3.05) is 23.9 Å². The molecular weight excluding hydrogens is 320 g/mol. The van der Waals surface area contributed by atoms with Crippen LogP contribution in [0, 0.1) is 0 Å². The van der Waals surface area contributed by atoms with Gasteiger partial charge in [-0.1, -0.05) is 12.1 Å². The van der Waals surface area contributed by atoms with E-state index < -0.39 is 6.10 Å². The Hall–Kier alpha value is -3.02. The van der Waals surface area contributed by atoms with Crippen LogP contribution in [0.4, 0.5) is 11.4 Å². The SMILES string of the molecule is CCOc1ccccc1NC(=O)c1ccc2c(c1)N(C)C(=O)C(C)O2. The molecule has 1 unspecified atom stereocenters. The van der Waals surface area contributed by atoms with Crippen molar-refractivity contribution >= 4 is 23.2 Å². The normalized spacial score (nSPS) is 16.0. The lowest BCUT2D eigenvalue weighted by Gasteiger charge is -2.30. The second-order valence-electron chi connectivity index (χ2n) is 5.72. The third-order valence-electron chi connectivity index (χ3n) is 4.00. The highest BCUT2D eigenvalue weighted by Gasteiger charge is 2.29. The van der Waals surface area contributed by atoms with Gasteiger partial charge in [0.25, 0.3) is 11.8 Å². The summed E-state index contributed by atoms with van der Waals surface area (Å²) in [5.74, 6) is 0.766. The maximum absolute atomic E-state index is 12.6. The molecule has 2 aromatic rings. The van der Waals surface area contributed by atoms with E-state index in [0.29, 0.717) is 35.0 Å². The minimum absolute atomic E-state index is 0.147. The lowest BCUT2D eigenvalue weighted by molar-refractivity contribution is -0.125. The molecule has 0 radical (unpaired) electrons. The summed E-state index contributed by atoms with van der Waals surface area (Å²) >= 11 is 0. The number of amides is 2. The number of benzene rings is 2. The zero-order chi connectivity index (χ0) is 18.0. The lowest BCUT2D eigenvalue weighted by atomic mass is 10.1. The zero-order valence-electron chi connectivity index (χ0n) is 14.4. The van der Waals surface area contributed by atoms with Crippen molar-refractivity contribution in [1.29, 1.82) is 0 Å². The van der Waals surface area contributed by atoms with E-state index >= 15 is 0 Å². The van der Waals surface area contributed by atoms with E-state index in [2.05, 4.69) is 5.32 Å². The summed E-state index contributed by atoms with van der Waals surface area (Å²) in [7, 11) is 1.67. The van der Waals surface area contributed by atoms with E-state index in [9.17, 15) is 9.59 Å². The minimum Gasteiger partial charge on any atom is -0.492 e. The molecule has 0 bridgehead atoms. The van der Waals surface area contributed by atoms with Gasteiger partial charge >= 0.3 is 0 Å². The third-order valence-corrected chi connectivity index (χ3v) is 4.00. The Labute approximate surface area is 146 Å². The Kier molecular flexibility index (Phi) is 4.61. The van der Waals surface area contributed by atoms with Crippen molar-refractivity contribution < 1.29 is 19.1 Å². The largest absolute Gasteiger partial charge is 0.492 e. The molecule has 3 rings (SSSR count). The van der Waals surface area contributed by atoms with Crippen molar-refractivity contribution in [2.45, 2.75) is 20.0 Å². The monoisotopic (exact) mass is 340 g/mol. The standard InChI is InChI=1S/C19H20N2O4/c1-4-24-16-8-6-5-7-14(16)20-18(22)13-9-10-17-15(11-13)21(3)19(23)12(2)25-17/h5-12H,4H2,1-3H3,(H,20,22). The van der Waals surface area contributed by atoms with Gasteiger partial charge in [-0.15, -0.1) is 0 Å². The number of nitrogens with one attached hydrogen (secondary N) is 1. The quantitative estimate of drug-likeness (QED) is 0.929. The lowest BCUT2D eigenvalue weighted by Crippen LogP contribution is -2.42. The molecule has 1 N–H and O–H groups in total. The van der Waals surface area contributed by atoms with Gasteiger partial charge in [-0.2, -0.15) is 0 Å². The maximum Gasteiger partial charge on any atom is 0.267 e. The highest BCUT2D eigenvalue weighted by molar-refractivity contribution is 6.07. The Balaban J connectivity index is 1.86. The molecule has 2 aromatic carbocycles. The molecule has 0 spiro atoms. The van der Waals surface area contributed by atoms with E-state index in [1.165, 1.54) is 4.90 Å². The Morgan fingerprint density at radius 2 is 2.04 bits per heavy atom. The topological polar surface area (TPSA) is 67.9 Å². The van der Waals surface area contributed by atoms with Crippen molar-refractivity contribution in [3.05, 3.63) is 48.0 Å². The van der Waals surface area contributed by atoms with Crippen LogP contribution in [-0.2, 0) is 4.79 Å². The number of anilines is 2. The van der Waals surface area contributed by atoms with E-state index in [4.69, 9.17) is 9.47 Å². The average Bonchev–Trinajstić information content (AvgIpc) is 2.61. The summed E-state index contributed by atoms with van der Waals surface area (Å²) in [6, 6.07) is 12.3. The van der Waals surface area contributed by atoms with Gasteiger partial charge in [0, 0.05) is 12.6 Å². The van der Waals surface area contributed by atoms with Gasteiger partial charge in [-0.3, -0.25) is 9.59 Å². The molecule has 0 aliphatic carbocycles. The predicted octanol–water partition coefficient (Wildman–Crippen LogP) is 3.08. The second-order valence-corrected chi connectivity index (χ2v) is 5.72. The number of hydrogen-bond donors (Lipinski definition) is 1. The van der Waals surface area contributed by atoms with Crippen LogP contribution in [-0.4, -0.2) is 31.6 Å². The van der Waals surface area contributed by atoms with Gasteiger partial charge in [0.2, 0.25) is 0 Å². The molecule has 0 fully saturated rings. The van der Waals surface area contributed by atoms with Crippen molar-refractivity contribution in [3.63, 3.8) is 0 Å². The minimum atomic E-state index is -0.532. The number of para-hydroxylation sites is 2. The van der Waals surface area contributed by atoms with E-state index in [1.807, 2.05) is 19.1 Å². The first kappa shape index (κ1) is 16.8. The Bertz CT molecular complexity index is 819. The second kappa shape index (κ2) is 6.84. The first-order valence-electron chi connectivity index (χ1n) is 8.12. The number of ether oxygens (including phenoxy) is 2. The Morgan fingerprint density at radius 1 is 1.28 bits per heavy atom. The Morgan fingerprint density at radius 3 is 2.80 bits per heavy atom. The van der Waals surface area contributed by atoms with Gasteiger partial charge in [0.1, 0.15) is 11.5 Å². The molecule has 130 valence electrons. The van der Waals surface area contributed by atoms with Crippen LogP contribution in [0.25, 0.3) is 0 Å². The molecule has 6 nitrogen and oxygen atoms in total. The maximum atomic E-state index is 12.6. The fourth-order valence-corrected chi connectivity index (χ4v) is 2.70. The van der Waals surface area contributed by atoms with Crippen LogP contribution in [0.2, 0.25) is 0 Å². The molecule has 1 atom stereocenters. The first-order valence-corrected chi connectivity index (χ1v) is 8.12. The number of nitrogens with zero attached hydrogens (tertiary/aromatic N) is 1. The molecule has 1 heterocycles. The van der Waals surface area contributed by atoms with Gasteiger partial charge < -0.3 is 19.7 Å². The number of likely N-dealkylation sites (N-methyl/N-ethyl adjacent to an activating group) is 1. The van der Waals surface area contributed by atoms with Crippen molar-refractivity contribution in [2.24, 2.45) is 0 Å². The summed E-state index contributed by atoms with van der Waals surface area (Å²) in [5.41, 5.74) is 1.61. The summed E-state index contributed by atoms with van der Waals surface area (Å²) in [6.07, 6.45) is -0.532. The number of fused-ring (bicyclic) bond motifs is 1. The highest BCUT2D eigenvalue weighted by atomic mass is 16.5. The van der Waals surface area contributed by atoms with Crippen LogP contribution >= 0.6 is 0 Å². The molecule has 2 amide bonds. The summed E-state index contributed by atoms with van der Waals surface area (Å²) < 4.78 is 11.1. The smallest absolute Gasteiger partial charge is 0.267 e. The fraction of sp³-hybridized carbons (Fsp3) is 0.263. The van der Waals surface area contributed by atoms with E-state index in [-0.39, 0.29) is 11.8 Å². The molecule has 0 saturated heterocycles. The average molecular weight is 340 g/mol. The fourth-order valence-electron chi connectivity index (χ4n) is 2.70. The number of rotatable bonds is 4. The van der Waals surface area contributed by atoms with Crippen LogP contribution in [0.1, 0.15) is 24.2 Å². The van der Waals surface area contributed by atoms with Crippen molar-refractivity contribution in [3.8, 4) is 11.5 Å². The molecule has 1 aliphatic rings. The zero-order valence-corrected chi connectivity index (χ0v) is 14.4. The predicted molar refractivity (Wildman–Crippen MR) is 95.5 cm³/mol. The molecular formula is C19H20N2O4. The number of carbonyl (C=O) groups is 2. The van der Waals surface area contributed by atoms with E-state index in [0.717, 1.165) is 0 Å². The number of carbonyl (C=O) groups excluding carboxylic acids is 2. The van der Waals surface area contributed by atoms with Gasteiger partial charge in [0.15, 0.2) is 6.10 Å². The van der Waals surface area contributed by atoms with Crippen LogP contribution in [0.15, 0.2) is 42.5 Å². The molecule has 25 heavy (non-hydrogen) atoms. The summed E-state index contributed by atoms with van der Waals surface area (Å²) in [5, 5.41) is 2.85. The van der Waals surface area contributed by atoms with Crippen LogP contribution in [0.5, 0.6) is 11.5 Å². The first-order chi connectivity index (χ1) is 12.0. The van der Waals surface area contributed by atoms with E-state index in [1.54, 1.807) is 44.3 Å². The highest BCUT2D eigenvalue weighted by Crippen LogP contribution is 2.34. The van der Waals surface area contributed by atoms with Crippen molar-refractivity contribution in [1.82, 2.24) is 0 Å². The molecule has 0 saturated carbocycles. The van der Waals surface area contributed by atoms with Gasteiger partial charge in [-0.25, -0.2) is 0 Å². The molecule has 1 aliphatic heterocycles. The molecule has 0 aromatic heterocycles. The third kappa shape index (κ3) is 3.28. The van der Waals surface area contributed by atoms with Gasteiger partial charge in [0.05, 0.1) is 18.0 Å². The summed E-state index contributed by atoms with van der Waals surface area (Å²) in [4.78, 5) is 26.2. The van der Waals surface area contributed by atoms with Crippen LogP contribution in [0.3, 0.4) is 0 Å². The van der Waals surface area contributed by atoms with Crippen LogP contribution < -0.4 is 19.7 Å². The summed E-state index contributed by atoms with van der Waals surface area (Å²) in [6.45, 7) is 4.09. The molecule has 6 heteroatoms. The van der Waals surface area contributed by atoms with Gasteiger partial charge in [-0.05, 0) is 44.2 Å².